The molecular weight excluding hydrogens is 340 g/mol. The first kappa shape index (κ1) is 15.3. The van der Waals surface area contributed by atoms with Crippen molar-refractivity contribution in [3.8, 4) is 11.5 Å². The molecule has 1 N–H and O–H groups in total. The van der Waals surface area contributed by atoms with Gasteiger partial charge in [-0.15, -0.1) is 11.3 Å². The van der Waals surface area contributed by atoms with Crippen molar-refractivity contribution in [2.24, 2.45) is 0 Å². The van der Waals surface area contributed by atoms with Crippen molar-refractivity contribution < 1.29 is 9.47 Å². The zero-order valence-electron chi connectivity index (χ0n) is 11.7. The van der Waals surface area contributed by atoms with Crippen LogP contribution >= 0.6 is 27.3 Å². The summed E-state index contributed by atoms with van der Waals surface area (Å²) in [4.78, 5) is 5.51. The lowest BCUT2D eigenvalue weighted by molar-refractivity contribution is 0.352. The van der Waals surface area contributed by atoms with Gasteiger partial charge in [0.25, 0.3) is 0 Å². The van der Waals surface area contributed by atoms with Gasteiger partial charge in [-0.1, -0.05) is 0 Å². The standard InChI is InChI=1S/C14H17BrN2O2S/c1-9-13(20-8-17-9)7-16-6-10-4-11(15)14(19-3)12(5-10)18-2/h4-5,8,16H,6-7H2,1-3H3. The Morgan fingerprint density at radius 3 is 2.65 bits per heavy atom. The molecule has 0 atom stereocenters. The summed E-state index contributed by atoms with van der Waals surface area (Å²) in [6.45, 7) is 3.61. The maximum atomic E-state index is 5.34. The van der Waals surface area contributed by atoms with E-state index in [0.717, 1.165) is 40.3 Å². The number of benzene rings is 1. The number of hydrogen-bond donors (Lipinski definition) is 1. The topological polar surface area (TPSA) is 43.4 Å². The maximum Gasteiger partial charge on any atom is 0.174 e. The zero-order chi connectivity index (χ0) is 14.5. The Balaban J connectivity index is 2.03. The quantitative estimate of drug-likeness (QED) is 0.859. The second kappa shape index (κ2) is 7.06. The van der Waals surface area contributed by atoms with Gasteiger partial charge in [-0.3, -0.25) is 0 Å². The van der Waals surface area contributed by atoms with E-state index in [2.05, 4.69) is 26.2 Å². The average Bonchev–Trinajstić information content (AvgIpc) is 2.84. The molecule has 1 aromatic heterocycles. The Labute approximate surface area is 131 Å². The highest BCUT2D eigenvalue weighted by atomic mass is 79.9. The molecule has 0 bridgehead atoms. The largest absolute Gasteiger partial charge is 0.493 e. The van der Waals surface area contributed by atoms with E-state index in [0.29, 0.717) is 0 Å². The van der Waals surface area contributed by atoms with Crippen LogP contribution in [0.15, 0.2) is 22.1 Å². The summed E-state index contributed by atoms with van der Waals surface area (Å²) in [5.74, 6) is 1.45. The van der Waals surface area contributed by atoms with Crippen LogP contribution in [0, 0.1) is 6.92 Å². The van der Waals surface area contributed by atoms with Crippen LogP contribution in [0.5, 0.6) is 11.5 Å². The van der Waals surface area contributed by atoms with Crippen LogP contribution in [0.1, 0.15) is 16.1 Å². The molecule has 0 radical (unpaired) electrons. The minimum Gasteiger partial charge on any atom is -0.493 e. The lowest BCUT2D eigenvalue weighted by atomic mass is 10.2. The van der Waals surface area contributed by atoms with Crippen molar-refractivity contribution in [3.05, 3.63) is 38.3 Å². The summed E-state index contributed by atoms with van der Waals surface area (Å²) in [5.41, 5.74) is 4.10. The third kappa shape index (κ3) is 3.50. The Morgan fingerprint density at radius 2 is 2.05 bits per heavy atom. The Hall–Kier alpha value is -1.11. The number of methoxy groups -OCH3 is 2. The number of ether oxygens (including phenoxy) is 2. The van der Waals surface area contributed by atoms with Crippen LogP contribution in [0.25, 0.3) is 0 Å². The summed E-state index contributed by atoms with van der Waals surface area (Å²) in [6, 6.07) is 4.02. The van der Waals surface area contributed by atoms with Gasteiger partial charge in [-0.05, 0) is 40.5 Å². The van der Waals surface area contributed by atoms with E-state index in [9.17, 15) is 0 Å². The van der Waals surface area contributed by atoms with Crippen LogP contribution in [-0.4, -0.2) is 19.2 Å². The molecule has 0 saturated carbocycles. The number of hydrogen-bond acceptors (Lipinski definition) is 5. The molecular formula is C14H17BrN2O2S. The number of aromatic nitrogens is 1. The molecule has 2 aromatic rings. The fourth-order valence-electron chi connectivity index (χ4n) is 1.89. The van der Waals surface area contributed by atoms with Crippen LogP contribution in [0.3, 0.4) is 0 Å². The molecule has 20 heavy (non-hydrogen) atoms. The highest BCUT2D eigenvalue weighted by molar-refractivity contribution is 9.10. The number of thiazole rings is 1. The molecule has 1 heterocycles. The van der Waals surface area contributed by atoms with Gasteiger partial charge in [0.2, 0.25) is 0 Å². The maximum absolute atomic E-state index is 5.34. The predicted molar refractivity (Wildman–Crippen MR) is 84.6 cm³/mol. The molecule has 0 spiro atoms. The molecule has 0 amide bonds. The van der Waals surface area contributed by atoms with Gasteiger partial charge in [0.1, 0.15) is 0 Å². The van der Waals surface area contributed by atoms with E-state index in [4.69, 9.17) is 9.47 Å². The van der Waals surface area contributed by atoms with E-state index in [1.165, 1.54) is 4.88 Å². The van der Waals surface area contributed by atoms with Crippen molar-refractivity contribution >= 4 is 27.3 Å². The molecule has 1 aromatic carbocycles. The van der Waals surface area contributed by atoms with E-state index < -0.39 is 0 Å². The summed E-state index contributed by atoms with van der Waals surface area (Å²) in [5, 5.41) is 3.41. The van der Waals surface area contributed by atoms with Gasteiger partial charge >= 0.3 is 0 Å². The minimum absolute atomic E-state index is 0.717. The van der Waals surface area contributed by atoms with E-state index in [1.807, 2.05) is 24.6 Å². The molecule has 0 fully saturated rings. The zero-order valence-corrected chi connectivity index (χ0v) is 14.1. The molecule has 0 unspecified atom stereocenters. The van der Waals surface area contributed by atoms with Crippen LogP contribution < -0.4 is 14.8 Å². The highest BCUT2D eigenvalue weighted by Crippen LogP contribution is 2.36. The van der Waals surface area contributed by atoms with Crippen LogP contribution in [0.4, 0.5) is 0 Å². The SMILES string of the molecule is COc1cc(CNCc2scnc2C)cc(Br)c1OC. The van der Waals surface area contributed by atoms with Gasteiger partial charge in [0.05, 0.1) is 29.9 Å². The summed E-state index contributed by atoms with van der Waals surface area (Å²) < 4.78 is 11.5. The first-order valence-electron chi connectivity index (χ1n) is 6.15. The molecule has 0 aliphatic rings. The van der Waals surface area contributed by atoms with E-state index >= 15 is 0 Å². The van der Waals surface area contributed by atoms with Gasteiger partial charge < -0.3 is 14.8 Å². The summed E-state index contributed by atoms with van der Waals surface area (Å²) >= 11 is 5.17. The molecule has 0 aliphatic heterocycles. The second-order valence-electron chi connectivity index (χ2n) is 4.28. The number of halogens is 1. The van der Waals surface area contributed by atoms with Gasteiger partial charge in [-0.25, -0.2) is 4.98 Å². The van der Waals surface area contributed by atoms with Crippen molar-refractivity contribution in [2.45, 2.75) is 20.0 Å². The van der Waals surface area contributed by atoms with Gasteiger partial charge in [0.15, 0.2) is 11.5 Å². The van der Waals surface area contributed by atoms with Gasteiger partial charge in [0, 0.05) is 18.0 Å². The number of nitrogens with zero attached hydrogens (tertiary/aromatic N) is 1. The normalized spacial score (nSPS) is 10.6. The fourth-order valence-corrected chi connectivity index (χ4v) is 3.29. The van der Waals surface area contributed by atoms with E-state index in [1.54, 1.807) is 25.6 Å². The molecule has 108 valence electrons. The second-order valence-corrected chi connectivity index (χ2v) is 6.07. The van der Waals surface area contributed by atoms with Crippen molar-refractivity contribution in [1.82, 2.24) is 10.3 Å². The lowest BCUT2D eigenvalue weighted by Gasteiger charge is -2.12. The highest BCUT2D eigenvalue weighted by Gasteiger charge is 2.10. The summed E-state index contributed by atoms with van der Waals surface area (Å²) in [7, 11) is 3.27. The third-order valence-corrected chi connectivity index (χ3v) is 4.48. The minimum atomic E-state index is 0.717. The Bertz CT molecular complexity index is 587. The number of aryl methyl sites for hydroxylation is 1. The molecule has 6 heteroatoms. The smallest absolute Gasteiger partial charge is 0.174 e. The molecule has 2 rings (SSSR count). The Morgan fingerprint density at radius 1 is 1.25 bits per heavy atom. The fraction of sp³-hybridized carbons (Fsp3) is 0.357. The molecule has 4 nitrogen and oxygen atoms in total. The van der Waals surface area contributed by atoms with Crippen molar-refractivity contribution in [2.75, 3.05) is 14.2 Å². The van der Waals surface area contributed by atoms with Crippen molar-refractivity contribution in [1.29, 1.82) is 0 Å². The first-order chi connectivity index (χ1) is 9.65. The van der Waals surface area contributed by atoms with Crippen LogP contribution in [-0.2, 0) is 13.1 Å². The van der Waals surface area contributed by atoms with Crippen molar-refractivity contribution in [3.63, 3.8) is 0 Å². The number of rotatable bonds is 6. The predicted octanol–water partition coefficient (Wildman–Crippen LogP) is 3.52. The first-order valence-corrected chi connectivity index (χ1v) is 7.83. The monoisotopic (exact) mass is 356 g/mol. The van der Waals surface area contributed by atoms with Gasteiger partial charge in [-0.2, -0.15) is 0 Å². The summed E-state index contributed by atoms with van der Waals surface area (Å²) in [6.07, 6.45) is 0. The molecule has 0 aliphatic carbocycles. The van der Waals surface area contributed by atoms with E-state index in [-0.39, 0.29) is 0 Å². The third-order valence-electron chi connectivity index (χ3n) is 2.95. The van der Waals surface area contributed by atoms with Crippen LogP contribution in [0.2, 0.25) is 0 Å². The average molecular weight is 357 g/mol. The molecule has 0 saturated heterocycles. The Kier molecular flexibility index (Phi) is 5.39. The number of nitrogens with one attached hydrogen (secondary N) is 1. The lowest BCUT2D eigenvalue weighted by Crippen LogP contribution is -2.12.